The molecule has 2 aromatic carbocycles. The molecule has 0 bridgehead atoms. The summed E-state index contributed by atoms with van der Waals surface area (Å²) in [5.74, 6) is -2.23. The van der Waals surface area contributed by atoms with Crippen molar-refractivity contribution in [3.63, 3.8) is 0 Å². The molecule has 0 atom stereocenters. The van der Waals surface area contributed by atoms with E-state index in [4.69, 9.17) is 27.9 Å². The molecule has 2 heterocycles. The summed E-state index contributed by atoms with van der Waals surface area (Å²) in [5, 5.41) is 13.6. The minimum atomic E-state index is -4.37. The molecule has 36 heavy (non-hydrogen) atoms. The Balaban J connectivity index is 2.19. The normalized spacial score (nSPS) is 12.2. The molecule has 0 saturated carbocycles. The van der Waals surface area contributed by atoms with Gasteiger partial charge in [0, 0.05) is 16.0 Å². The molecule has 0 fully saturated rings. The average Bonchev–Trinajstić information content (AvgIpc) is 3.44. The van der Waals surface area contributed by atoms with Crippen LogP contribution in [0.5, 0.6) is 0 Å². The molecule has 4 rings (SSSR count). The van der Waals surface area contributed by atoms with E-state index < -0.39 is 22.0 Å². The predicted molar refractivity (Wildman–Crippen MR) is 142 cm³/mol. The minimum absolute atomic E-state index is 0.00981. The van der Waals surface area contributed by atoms with Crippen molar-refractivity contribution in [2.24, 2.45) is 0 Å². The number of ether oxygens (including phenoxy) is 1. The first kappa shape index (κ1) is 26.0. The highest BCUT2D eigenvalue weighted by Gasteiger charge is 2.33. The smallest absolute Gasteiger partial charge is 0.356 e. The summed E-state index contributed by atoms with van der Waals surface area (Å²) in [6.07, 6.45) is 1.24. The number of thiophene rings is 1. The highest BCUT2D eigenvalue weighted by atomic mass is 35.5. The lowest BCUT2D eigenvalue weighted by Crippen LogP contribution is -2.20. The van der Waals surface area contributed by atoms with Gasteiger partial charge in [0.1, 0.15) is 0 Å². The first-order chi connectivity index (χ1) is 17.1. The molecular weight excluding hydrogens is 545 g/mol. The van der Waals surface area contributed by atoms with Gasteiger partial charge in [0.15, 0.2) is 5.69 Å². The molecule has 0 radical (unpaired) electrons. The van der Waals surface area contributed by atoms with Crippen LogP contribution in [0.4, 0.5) is 0 Å². The van der Waals surface area contributed by atoms with Crippen molar-refractivity contribution in [2.45, 2.75) is 18.7 Å². The maximum Gasteiger partial charge on any atom is 0.356 e. The molecule has 0 unspecified atom stereocenters. The predicted octanol–water partition coefficient (Wildman–Crippen LogP) is 6.36. The third kappa shape index (κ3) is 4.67. The van der Waals surface area contributed by atoms with Crippen molar-refractivity contribution >= 4 is 79.1 Å². The zero-order valence-electron chi connectivity index (χ0n) is 19.0. The van der Waals surface area contributed by atoms with Crippen LogP contribution in [0.15, 0.2) is 58.1 Å². The van der Waals surface area contributed by atoms with Crippen LogP contribution in [0.2, 0.25) is 10.0 Å². The Morgan fingerprint density at radius 2 is 1.83 bits per heavy atom. The fourth-order valence-electron chi connectivity index (χ4n) is 3.76. The van der Waals surface area contributed by atoms with Crippen molar-refractivity contribution < 1.29 is 27.9 Å². The van der Waals surface area contributed by atoms with Crippen LogP contribution in [-0.4, -0.2) is 36.0 Å². The lowest BCUT2D eigenvalue weighted by Gasteiger charge is -2.12. The number of carbonyl (C=O) groups excluding carboxylic acids is 1. The zero-order valence-corrected chi connectivity index (χ0v) is 22.1. The Morgan fingerprint density at radius 3 is 2.42 bits per heavy atom. The number of benzene rings is 2. The van der Waals surface area contributed by atoms with Crippen LogP contribution in [-0.2, 0) is 19.6 Å². The van der Waals surface area contributed by atoms with Crippen LogP contribution in [0.1, 0.15) is 34.1 Å². The van der Waals surface area contributed by atoms with E-state index in [2.05, 4.69) is 0 Å². The van der Waals surface area contributed by atoms with Crippen LogP contribution >= 0.6 is 34.5 Å². The number of carboxylic acid groups (broad SMARTS) is 1. The van der Waals surface area contributed by atoms with E-state index in [1.165, 1.54) is 41.7 Å². The van der Waals surface area contributed by atoms with Gasteiger partial charge in [-0.1, -0.05) is 40.9 Å². The van der Waals surface area contributed by atoms with Gasteiger partial charge >= 0.3 is 11.9 Å². The molecule has 7 nitrogen and oxygen atoms in total. The van der Waals surface area contributed by atoms with Gasteiger partial charge in [-0.25, -0.2) is 22.0 Å². The zero-order chi connectivity index (χ0) is 26.2. The molecule has 4 aromatic rings. The van der Waals surface area contributed by atoms with Crippen LogP contribution < -0.4 is 0 Å². The third-order valence-electron chi connectivity index (χ3n) is 5.36. The van der Waals surface area contributed by atoms with Gasteiger partial charge in [0.2, 0.25) is 0 Å². The lowest BCUT2D eigenvalue weighted by atomic mass is 10.0. The Bertz CT molecular complexity index is 1620. The highest BCUT2D eigenvalue weighted by Crippen LogP contribution is 2.39. The molecule has 2 aromatic heterocycles. The molecule has 0 amide bonds. The monoisotopic (exact) mass is 563 g/mol. The second kappa shape index (κ2) is 10.1. The van der Waals surface area contributed by atoms with E-state index in [-0.39, 0.29) is 49.3 Å². The number of carboxylic acids is 1. The molecule has 0 aliphatic rings. The van der Waals surface area contributed by atoms with Gasteiger partial charge < -0.3 is 9.84 Å². The van der Waals surface area contributed by atoms with Crippen molar-refractivity contribution in [3.05, 3.63) is 85.7 Å². The van der Waals surface area contributed by atoms with Crippen molar-refractivity contribution in [1.82, 2.24) is 3.97 Å². The molecular formula is C25H19Cl2NO6S2. The fraction of sp³-hybridized carbons (Fsp3) is 0.120. The highest BCUT2D eigenvalue weighted by molar-refractivity contribution is 7.90. The van der Waals surface area contributed by atoms with Crippen LogP contribution in [0.3, 0.4) is 0 Å². The maximum absolute atomic E-state index is 13.9. The Labute approximate surface area is 221 Å². The first-order valence-corrected chi connectivity index (χ1v) is 13.7. The second-order valence-corrected chi connectivity index (χ2v) is 11.1. The molecule has 0 spiro atoms. The third-order valence-corrected chi connectivity index (χ3v) is 8.29. The molecule has 0 aliphatic heterocycles. The summed E-state index contributed by atoms with van der Waals surface area (Å²) < 4.78 is 33.9. The van der Waals surface area contributed by atoms with Crippen molar-refractivity contribution in [2.75, 3.05) is 6.61 Å². The van der Waals surface area contributed by atoms with E-state index in [9.17, 15) is 23.1 Å². The van der Waals surface area contributed by atoms with E-state index in [1.807, 2.05) is 6.92 Å². The first-order valence-electron chi connectivity index (χ1n) is 10.6. The summed E-state index contributed by atoms with van der Waals surface area (Å²) >= 11 is 14.0. The molecule has 0 saturated heterocycles. The minimum Gasteiger partial charge on any atom is -0.478 e. The molecule has 11 heteroatoms. The van der Waals surface area contributed by atoms with Gasteiger partial charge in [-0.3, -0.25) is 0 Å². The van der Waals surface area contributed by atoms with Crippen molar-refractivity contribution in [3.8, 4) is 0 Å². The number of hydrogen-bond donors (Lipinski definition) is 1. The summed E-state index contributed by atoms with van der Waals surface area (Å²) in [6.45, 7) is 3.34. The number of aryl methyl sites for hydroxylation is 1. The van der Waals surface area contributed by atoms with E-state index >= 15 is 0 Å². The summed E-state index contributed by atoms with van der Waals surface area (Å²) in [4.78, 5) is 25.4. The number of hydrogen-bond acceptors (Lipinski definition) is 6. The standard InChI is InChI=1S/C25H19Cl2NO6S2/c1-3-34-25(31)23-19(12-18(24(29)30)15-8-9-35-13-15)22-20(27)10-16(26)11-21(22)28(23)36(32,33)17-6-4-14(2)5-7-17/h4-13H,3H2,1-2H3,(H,29,30). The van der Waals surface area contributed by atoms with Crippen LogP contribution in [0, 0.1) is 6.92 Å². The Hall–Kier alpha value is -3.11. The SMILES string of the molecule is CCOC(=O)c1c(C=C(C(=O)O)c2ccsc2)c2c(Cl)cc(Cl)cc2n1S(=O)(=O)c1ccc(C)cc1. The summed E-state index contributed by atoms with van der Waals surface area (Å²) in [7, 11) is -4.37. The van der Waals surface area contributed by atoms with Gasteiger partial charge in [-0.2, -0.15) is 11.3 Å². The summed E-state index contributed by atoms with van der Waals surface area (Å²) in [5.41, 5.74) is 0.690. The molecule has 186 valence electrons. The van der Waals surface area contributed by atoms with Crippen molar-refractivity contribution in [1.29, 1.82) is 0 Å². The number of nitrogens with zero attached hydrogens (tertiary/aromatic N) is 1. The lowest BCUT2D eigenvalue weighted by molar-refractivity contribution is -0.130. The largest absolute Gasteiger partial charge is 0.478 e. The molecule has 0 aliphatic carbocycles. The number of aliphatic carboxylic acids is 1. The van der Waals surface area contributed by atoms with E-state index in [0.29, 0.717) is 5.56 Å². The number of aromatic nitrogens is 1. The van der Waals surface area contributed by atoms with Gasteiger partial charge in [-0.15, -0.1) is 0 Å². The number of esters is 1. The number of rotatable bonds is 7. The summed E-state index contributed by atoms with van der Waals surface area (Å²) in [6, 6.07) is 10.5. The van der Waals surface area contributed by atoms with E-state index in [1.54, 1.807) is 35.9 Å². The average molecular weight is 564 g/mol. The number of fused-ring (bicyclic) bond motifs is 1. The maximum atomic E-state index is 13.9. The quantitative estimate of drug-likeness (QED) is 0.207. The fourth-order valence-corrected chi connectivity index (χ4v) is 6.51. The van der Waals surface area contributed by atoms with Gasteiger partial charge in [0.05, 0.1) is 27.6 Å². The second-order valence-electron chi connectivity index (χ2n) is 7.72. The Morgan fingerprint density at radius 1 is 1.14 bits per heavy atom. The Kier molecular flexibility index (Phi) is 7.28. The van der Waals surface area contributed by atoms with Gasteiger partial charge in [0.25, 0.3) is 10.0 Å². The topological polar surface area (TPSA) is 103 Å². The van der Waals surface area contributed by atoms with E-state index in [0.717, 1.165) is 9.54 Å². The van der Waals surface area contributed by atoms with Gasteiger partial charge in [-0.05, 0) is 66.6 Å². The number of carbonyl (C=O) groups is 2. The number of halogens is 2. The van der Waals surface area contributed by atoms with Crippen LogP contribution in [0.25, 0.3) is 22.6 Å². The molecule has 1 N–H and O–H groups in total.